The average molecular weight is 220 g/mol. The summed E-state index contributed by atoms with van der Waals surface area (Å²) in [7, 11) is 0. The molecule has 0 saturated heterocycles. The van der Waals surface area contributed by atoms with Gasteiger partial charge in [-0.05, 0) is 17.5 Å². The molecule has 1 aliphatic rings. The lowest BCUT2D eigenvalue weighted by atomic mass is 10.0. The molecule has 0 saturated carbocycles. The number of benzene rings is 1. The summed E-state index contributed by atoms with van der Waals surface area (Å²) in [5.41, 5.74) is 8.34. The molecule has 16 heavy (non-hydrogen) atoms. The monoisotopic (exact) mass is 220 g/mol. The van der Waals surface area contributed by atoms with Crippen LogP contribution in [0.25, 0.3) is 0 Å². The summed E-state index contributed by atoms with van der Waals surface area (Å²) in [6, 6.07) is 8.70. The lowest BCUT2D eigenvalue weighted by molar-refractivity contribution is 0.104. The maximum atomic E-state index is 5.41. The standard InChI is InChI=1S/C13H20N2O/c14-6-9-16-10-8-15-7-5-12-3-1-2-4-13(12)11-15/h1-4H,5-11,14H2. The number of ether oxygens (including phenoxy) is 1. The number of hydrogen-bond donors (Lipinski definition) is 1. The molecule has 0 aliphatic carbocycles. The van der Waals surface area contributed by atoms with Crippen LogP contribution in [0.2, 0.25) is 0 Å². The van der Waals surface area contributed by atoms with Gasteiger partial charge >= 0.3 is 0 Å². The Labute approximate surface area is 97.2 Å². The van der Waals surface area contributed by atoms with E-state index in [1.807, 2.05) is 0 Å². The van der Waals surface area contributed by atoms with Crippen molar-refractivity contribution in [3.05, 3.63) is 35.4 Å². The second kappa shape index (κ2) is 5.99. The topological polar surface area (TPSA) is 38.5 Å². The van der Waals surface area contributed by atoms with Gasteiger partial charge in [-0.25, -0.2) is 0 Å². The first-order chi connectivity index (χ1) is 7.90. The summed E-state index contributed by atoms with van der Waals surface area (Å²) >= 11 is 0. The second-order valence-corrected chi connectivity index (χ2v) is 4.20. The second-order valence-electron chi connectivity index (χ2n) is 4.20. The van der Waals surface area contributed by atoms with E-state index < -0.39 is 0 Å². The molecule has 0 radical (unpaired) electrons. The number of fused-ring (bicyclic) bond motifs is 1. The van der Waals surface area contributed by atoms with Gasteiger partial charge in [0.15, 0.2) is 0 Å². The third kappa shape index (κ3) is 3.04. The lowest BCUT2D eigenvalue weighted by Gasteiger charge is -2.28. The van der Waals surface area contributed by atoms with E-state index >= 15 is 0 Å². The van der Waals surface area contributed by atoms with Crippen LogP contribution in [-0.2, 0) is 17.7 Å². The normalized spacial score (nSPS) is 16.1. The van der Waals surface area contributed by atoms with Crippen molar-refractivity contribution in [1.82, 2.24) is 4.90 Å². The van der Waals surface area contributed by atoms with Crippen LogP contribution >= 0.6 is 0 Å². The van der Waals surface area contributed by atoms with E-state index in [4.69, 9.17) is 10.5 Å². The molecule has 0 spiro atoms. The number of rotatable bonds is 5. The minimum absolute atomic E-state index is 0.614. The molecule has 0 fully saturated rings. The molecule has 3 nitrogen and oxygen atoms in total. The van der Waals surface area contributed by atoms with Gasteiger partial charge in [-0.2, -0.15) is 0 Å². The molecule has 2 N–H and O–H groups in total. The molecule has 3 heteroatoms. The van der Waals surface area contributed by atoms with Crippen LogP contribution in [0.1, 0.15) is 11.1 Å². The zero-order valence-corrected chi connectivity index (χ0v) is 9.69. The predicted molar refractivity (Wildman–Crippen MR) is 65.3 cm³/mol. The van der Waals surface area contributed by atoms with Crippen LogP contribution < -0.4 is 5.73 Å². The van der Waals surface area contributed by atoms with Crippen molar-refractivity contribution in [1.29, 1.82) is 0 Å². The Morgan fingerprint density at radius 2 is 2.00 bits per heavy atom. The Morgan fingerprint density at radius 3 is 2.81 bits per heavy atom. The maximum absolute atomic E-state index is 5.41. The van der Waals surface area contributed by atoms with Gasteiger partial charge in [0.25, 0.3) is 0 Å². The van der Waals surface area contributed by atoms with Crippen molar-refractivity contribution < 1.29 is 4.74 Å². The first-order valence-electron chi connectivity index (χ1n) is 5.97. The third-order valence-electron chi connectivity index (χ3n) is 3.02. The Morgan fingerprint density at radius 1 is 1.19 bits per heavy atom. The quantitative estimate of drug-likeness (QED) is 0.753. The van der Waals surface area contributed by atoms with Crippen molar-refractivity contribution in [3.63, 3.8) is 0 Å². The summed E-state index contributed by atoms with van der Waals surface area (Å²) in [5.74, 6) is 0. The van der Waals surface area contributed by atoms with Crippen LogP contribution in [-0.4, -0.2) is 37.7 Å². The number of nitrogens with zero attached hydrogens (tertiary/aromatic N) is 1. The first-order valence-corrected chi connectivity index (χ1v) is 5.97. The van der Waals surface area contributed by atoms with Crippen LogP contribution in [0, 0.1) is 0 Å². The summed E-state index contributed by atoms with van der Waals surface area (Å²) in [6.45, 7) is 5.28. The molecular formula is C13H20N2O. The van der Waals surface area contributed by atoms with E-state index in [0.717, 1.165) is 32.7 Å². The van der Waals surface area contributed by atoms with E-state index in [0.29, 0.717) is 13.2 Å². The van der Waals surface area contributed by atoms with Crippen LogP contribution in [0.3, 0.4) is 0 Å². The lowest BCUT2D eigenvalue weighted by Crippen LogP contribution is -2.33. The van der Waals surface area contributed by atoms with Crippen molar-refractivity contribution >= 4 is 0 Å². The molecule has 1 aromatic rings. The van der Waals surface area contributed by atoms with Crippen molar-refractivity contribution in [2.24, 2.45) is 5.73 Å². The van der Waals surface area contributed by atoms with Crippen molar-refractivity contribution in [2.75, 3.05) is 32.8 Å². The Bertz CT molecular complexity index is 327. The first kappa shape index (κ1) is 11.6. The SMILES string of the molecule is NCCOCCN1CCc2ccccc2C1. The van der Waals surface area contributed by atoms with Gasteiger partial charge in [0, 0.05) is 26.2 Å². The van der Waals surface area contributed by atoms with Crippen LogP contribution in [0.15, 0.2) is 24.3 Å². The summed E-state index contributed by atoms with van der Waals surface area (Å²) in [6.07, 6.45) is 1.16. The molecule has 1 aliphatic heterocycles. The van der Waals surface area contributed by atoms with E-state index in [9.17, 15) is 0 Å². The molecule has 1 heterocycles. The fraction of sp³-hybridized carbons (Fsp3) is 0.538. The highest BCUT2D eigenvalue weighted by Gasteiger charge is 2.14. The van der Waals surface area contributed by atoms with E-state index in [1.165, 1.54) is 11.1 Å². The highest BCUT2D eigenvalue weighted by molar-refractivity contribution is 5.28. The van der Waals surface area contributed by atoms with Crippen molar-refractivity contribution in [2.45, 2.75) is 13.0 Å². The molecule has 88 valence electrons. The molecule has 0 atom stereocenters. The maximum Gasteiger partial charge on any atom is 0.0594 e. The van der Waals surface area contributed by atoms with Gasteiger partial charge in [0.2, 0.25) is 0 Å². The van der Waals surface area contributed by atoms with Gasteiger partial charge in [0.1, 0.15) is 0 Å². The van der Waals surface area contributed by atoms with E-state index in [1.54, 1.807) is 0 Å². The largest absolute Gasteiger partial charge is 0.379 e. The Balaban J connectivity index is 1.79. The smallest absolute Gasteiger partial charge is 0.0594 e. The summed E-state index contributed by atoms with van der Waals surface area (Å²) in [5, 5.41) is 0. The van der Waals surface area contributed by atoms with Gasteiger partial charge in [-0.3, -0.25) is 4.90 Å². The van der Waals surface area contributed by atoms with Crippen LogP contribution in [0.4, 0.5) is 0 Å². The predicted octanol–water partition coefficient (Wildman–Crippen LogP) is 1.02. The fourth-order valence-electron chi connectivity index (χ4n) is 2.12. The fourth-order valence-corrected chi connectivity index (χ4v) is 2.12. The minimum atomic E-state index is 0.614. The Hall–Kier alpha value is -0.900. The van der Waals surface area contributed by atoms with E-state index in [-0.39, 0.29) is 0 Å². The molecular weight excluding hydrogens is 200 g/mol. The van der Waals surface area contributed by atoms with Gasteiger partial charge < -0.3 is 10.5 Å². The highest BCUT2D eigenvalue weighted by atomic mass is 16.5. The molecule has 1 aromatic carbocycles. The molecule has 0 bridgehead atoms. The van der Waals surface area contributed by atoms with Gasteiger partial charge in [-0.15, -0.1) is 0 Å². The van der Waals surface area contributed by atoms with Crippen LogP contribution in [0.5, 0.6) is 0 Å². The molecule has 0 amide bonds. The minimum Gasteiger partial charge on any atom is -0.379 e. The highest BCUT2D eigenvalue weighted by Crippen LogP contribution is 2.17. The summed E-state index contributed by atoms with van der Waals surface area (Å²) in [4.78, 5) is 2.44. The third-order valence-corrected chi connectivity index (χ3v) is 3.02. The Kier molecular flexibility index (Phi) is 4.34. The zero-order valence-electron chi connectivity index (χ0n) is 9.69. The molecule has 2 rings (SSSR count). The zero-order chi connectivity index (χ0) is 11.2. The van der Waals surface area contributed by atoms with E-state index in [2.05, 4.69) is 29.2 Å². The average Bonchev–Trinajstić information content (AvgIpc) is 2.34. The van der Waals surface area contributed by atoms with Gasteiger partial charge in [-0.1, -0.05) is 24.3 Å². The van der Waals surface area contributed by atoms with Crippen molar-refractivity contribution in [3.8, 4) is 0 Å². The summed E-state index contributed by atoms with van der Waals surface area (Å²) < 4.78 is 5.41. The number of nitrogens with two attached hydrogens (primary N) is 1. The number of hydrogen-bond acceptors (Lipinski definition) is 3. The molecule has 0 aromatic heterocycles. The molecule has 0 unspecified atom stereocenters. The van der Waals surface area contributed by atoms with Gasteiger partial charge in [0.05, 0.1) is 13.2 Å².